The van der Waals surface area contributed by atoms with Crippen molar-refractivity contribution in [3.8, 4) is 11.3 Å². The van der Waals surface area contributed by atoms with Gasteiger partial charge in [-0.2, -0.15) is 0 Å². The van der Waals surface area contributed by atoms with Crippen LogP contribution in [0, 0.1) is 0 Å². The topological polar surface area (TPSA) is 112 Å². The maximum Gasteiger partial charge on any atom is 0.326 e. The molecule has 0 fully saturated rings. The third-order valence-electron chi connectivity index (χ3n) is 4.23. The molecule has 0 radical (unpaired) electrons. The molecule has 4 rings (SSSR count). The van der Waals surface area contributed by atoms with Crippen molar-refractivity contribution in [3.63, 3.8) is 0 Å². The SMILES string of the molecule is O=C(O)C1Cc2nc[nH]c2CN1C(=O)c1cc(-c2ccccc2)on1. The van der Waals surface area contributed by atoms with Crippen molar-refractivity contribution in [2.45, 2.75) is 19.0 Å². The van der Waals surface area contributed by atoms with Gasteiger partial charge in [0.15, 0.2) is 11.5 Å². The van der Waals surface area contributed by atoms with E-state index in [9.17, 15) is 14.7 Å². The number of amides is 1. The first kappa shape index (κ1) is 15.1. The van der Waals surface area contributed by atoms with Crippen LogP contribution in [0.1, 0.15) is 21.9 Å². The van der Waals surface area contributed by atoms with Gasteiger partial charge >= 0.3 is 5.97 Å². The Labute approximate surface area is 142 Å². The number of carboxylic acids is 1. The molecular formula is C17H14N4O4. The van der Waals surface area contributed by atoms with E-state index < -0.39 is 17.9 Å². The molecule has 1 aliphatic heterocycles. The lowest BCUT2D eigenvalue weighted by Crippen LogP contribution is -2.48. The number of aromatic amines is 1. The molecule has 0 spiro atoms. The molecule has 1 aliphatic rings. The van der Waals surface area contributed by atoms with Crippen LogP contribution in [0.5, 0.6) is 0 Å². The summed E-state index contributed by atoms with van der Waals surface area (Å²) in [4.78, 5) is 32.7. The molecular weight excluding hydrogens is 324 g/mol. The quantitative estimate of drug-likeness (QED) is 0.752. The number of hydrogen-bond donors (Lipinski definition) is 2. The Hall–Kier alpha value is -3.42. The van der Waals surface area contributed by atoms with Gasteiger partial charge in [0.25, 0.3) is 5.91 Å². The zero-order chi connectivity index (χ0) is 17.4. The normalized spacial score (nSPS) is 16.5. The number of carboxylic acid groups (broad SMARTS) is 1. The van der Waals surface area contributed by atoms with Crippen LogP contribution in [-0.2, 0) is 17.8 Å². The Morgan fingerprint density at radius 3 is 2.84 bits per heavy atom. The third-order valence-corrected chi connectivity index (χ3v) is 4.23. The average molecular weight is 338 g/mol. The monoisotopic (exact) mass is 338 g/mol. The van der Waals surface area contributed by atoms with Gasteiger partial charge in [0.2, 0.25) is 0 Å². The zero-order valence-corrected chi connectivity index (χ0v) is 13.0. The van der Waals surface area contributed by atoms with E-state index in [0.717, 1.165) is 11.3 Å². The average Bonchev–Trinajstić information content (AvgIpc) is 3.29. The Morgan fingerprint density at radius 1 is 1.28 bits per heavy atom. The number of carbonyl (C=O) groups excluding carboxylic acids is 1. The Bertz CT molecular complexity index is 931. The third kappa shape index (κ3) is 2.67. The van der Waals surface area contributed by atoms with E-state index in [1.807, 2.05) is 30.3 Å². The smallest absolute Gasteiger partial charge is 0.326 e. The number of imidazole rings is 1. The Balaban J connectivity index is 1.64. The summed E-state index contributed by atoms with van der Waals surface area (Å²) >= 11 is 0. The molecule has 8 heteroatoms. The highest BCUT2D eigenvalue weighted by Crippen LogP contribution is 2.25. The lowest BCUT2D eigenvalue weighted by Gasteiger charge is -2.31. The first-order chi connectivity index (χ1) is 12.1. The first-order valence-electron chi connectivity index (χ1n) is 7.70. The van der Waals surface area contributed by atoms with Crippen molar-refractivity contribution in [2.75, 3.05) is 0 Å². The molecule has 1 unspecified atom stereocenters. The van der Waals surface area contributed by atoms with E-state index in [4.69, 9.17) is 4.52 Å². The van der Waals surface area contributed by atoms with Crippen molar-refractivity contribution >= 4 is 11.9 Å². The second-order valence-electron chi connectivity index (χ2n) is 5.76. The number of benzene rings is 1. The molecule has 0 bridgehead atoms. The van der Waals surface area contributed by atoms with Gasteiger partial charge in [0.1, 0.15) is 6.04 Å². The van der Waals surface area contributed by atoms with E-state index in [2.05, 4.69) is 15.1 Å². The summed E-state index contributed by atoms with van der Waals surface area (Å²) in [6, 6.07) is 9.80. The van der Waals surface area contributed by atoms with Crippen LogP contribution in [0.2, 0.25) is 0 Å². The van der Waals surface area contributed by atoms with Gasteiger partial charge in [-0.05, 0) is 0 Å². The summed E-state index contributed by atoms with van der Waals surface area (Å²) in [6.45, 7) is 0.138. The largest absolute Gasteiger partial charge is 0.480 e. The highest BCUT2D eigenvalue weighted by Gasteiger charge is 2.37. The van der Waals surface area contributed by atoms with Crippen LogP contribution >= 0.6 is 0 Å². The lowest BCUT2D eigenvalue weighted by molar-refractivity contribution is -0.142. The fraction of sp³-hybridized carbons (Fsp3) is 0.176. The number of fused-ring (bicyclic) bond motifs is 1. The number of rotatable bonds is 3. The van der Waals surface area contributed by atoms with Crippen LogP contribution in [0.25, 0.3) is 11.3 Å². The fourth-order valence-corrected chi connectivity index (χ4v) is 2.93. The van der Waals surface area contributed by atoms with Crippen LogP contribution < -0.4 is 0 Å². The lowest BCUT2D eigenvalue weighted by atomic mass is 10.0. The Morgan fingerprint density at radius 2 is 2.08 bits per heavy atom. The minimum atomic E-state index is -1.08. The Kier molecular flexibility index (Phi) is 3.57. The van der Waals surface area contributed by atoms with Crippen LogP contribution in [0.4, 0.5) is 0 Å². The number of hydrogen-bond acceptors (Lipinski definition) is 5. The van der Waals surface area contributed by atoms with Crippen LogP contribution in [-0.4, -0.2) is 43.0 Å². The van der Waals surface area contributed by atoms with Gasteiger partial charge in [-0.25, -0.2) is 9.78 Å². The number of aliphatic carboxylic acids is 1. The van der Waals surface area contributed by atoms with E-state index >= 15 is 0 Å². The molecule has 0 saturated carbocycles. The highest BCUT2D eigenvalue weighted by molar-refractivity contribution is 5.96. The number of nitrogens with one attached hydrogen (secondary N) is 1. The van der Waals surface area contributed by atoms with E-state index in [1.54, 1.807) is 0 Å². The summed E-state index contributed by atoms with van der Waals surface area (Å²) in [6.07, 6.45) is 1.66. The molecule has 1 aromatic carbocycles. The standard InChI is InChI=1S/C17H14N4O4/c22-16(12-7-15(25-20-12)10-4-2-1-3-5-10)21-8-13-11(18-9-19-13)6-14(21)17(23)24/h1-5,7,9,14H,6,8H2,(H,18,19)(H,23,24). The van der Waals surface area contributed by atoms with Crippen molar-refractivity contribution in [1.82, 2.24) is 20.0 Å². The molecule has 8 nitrogen and oxygen atoms in total. The first-order valence-corrected chi connectivity index (χ1v) is 7.70. The van der Waals surface area contributed by atoms with Gasteiger partial charge in [0, 0.05) is 18.1 Å². The molecule has 126 valence electrons. The predicted molar refractivity (Wildman–Crippen MR) is 85.5 cm³/mol. The van der Waals surface area contributed by atoms with Crippen molar-refractivity contribution in [3.05, 3.63) is 59.8 Å². The molecule has 3 aromatic rings. The molecule has 1 atom stereocenters. The van der Waals surface area contributed by atoms with Gasteiger partial charge in [0.05, 0.1) is 24.3 Å². The number of carbonyl (C=O) groups is 2. The van der Waals surface area contributed by atoms with Crippen molar-refractivity contribution < 1.29 is 19.2 Å². The number of aromatic nitrogens is 3. The molecule has 0 saturated heterocycles. The van der Waals surface area contributed by atoms with E-state index in [-0.39, 0.29) is 18.7 Å². The van der Waals surface area contributed by atoms with E-state index in [0.29, 0.717) is 11.5 Å². The van der Waals surface area contributed by atoms with Gasteiger partial charge < -0.3 is 19.5 Å². The fourth-order valence-electron chi connectivity index (χ4n) is 2.93. The van der Waals surface area contributed by atoms with E-state index in [1.165, 1.54) is 17.3 Å². The summed E-state index contributed by atoms with van der Waals surface area (Å²) in [5, 5.41) is 13.3. The number of nitrogens with zero attached hydrogens (tertiary/aromatic N) is 3. The summed E-state index contributed by atoms with van der Waals surface area (Å²) < 4.78 is 5.25. The maximum atomic E-state index is 12.8. The summed E-state index contributed by atoms with van der Waals surface area (Å²) in [5.41, 5.74) is 2.27. The molecule has 3 heterocycles. The van der Waals surface area contributed by atoms with Gasteiger partial charge in [-0.3, -0.25) is 4.79 Å². The summed E-state index contributed by atoms with van der Waals surface area (Å²) in [7, 11) is 0. The second kappa shape index (κ2) is 5.90. The molecule has 25 heavy (non-hydrogen) atoms. The molecule has 1 amide bonds. The second-order valence-corrected chi connectivity index (χ2v) is 5.76. The zero-order valence-electron chi connectivity index (χ0n) is 13.0. The highest BCUT2D eigenvalue weighted by atomic mass is 16.5. The minimum Gasteiger partial charge on any atom is -0.480 e. The van der Waals surface area contributed by atoms with Crippen molar-refractivity contribution in [2.24, 2.45) is 0 Å². The predicted octanol–water partition coefficient (Wildman–Crippen LogP) is 1.72. The van der Waals surface area contributed by atoms with Crippen LogP contribution in [0.3, 0.4) is 0 Å². The molecule has 0 aliphatic carbocycles. The van der Waals surface area contributed by atoms with Gasteiger partial charge in [-0.15, -0.1) is 0 Å². The van der Waals surface area contributed by atoms with Crippen LogP contribution in [0.15, 0.2) is 47.2 Å². The van der Waals surface area contributed by atoms with Gasteiger partial charge in [-0.1, -0.05) is 35.5 Å². The summed E-state index contributed by atoms with van der Waals surface area (Å²) in [5.74, 6) is -1.11. The minimum absolute atomic E-state index is 0.0769. The maximum absolute atomic E-state index is 12.8. The molecule has 2 aromatic heterocycles. The molecule has 2 N–H and O–H groups in total. The number of H-pyrrole nitrogens is 1. The van der Waals surface area contributed by atoms with Crippen molar-refractivity contribution in [1.29, 1.82) is 0 Å².